The second kappa shape index (κ2) is 8.12. The molecule has 0 fully saturated rings. The van der Waals surface area contributed by atoms with Crippen LogP contribution in [0.15, 0.2) is 65.6 Å². The summed E-state index contributed by atoms with van der Waals surface area (Å²) in [4.78, 5) is 21.8. The van der Waals surface area contributed by atoms with E-state index in [0.29, 0.717) is 17.5 Å². The molecule has 0 heterocycles. The predicted octanol–water partition coefficient (Wildman–Crippen LogP) is 2.67. The van der Waals surface area contributed by atoms with E-state index < -0.39 is 21.9 Å². The summed E-state index contributed by atoms with van der Waals surface area (Å²) >= 11 is 2.12. The summed E-state index contributed by atoms with van der Waals surface area (Å²) in [6, 6.07) is 12.4. The maximum atomic E-state index is 12.3. The van der Waals surface area contributed by atoms with E-state index in [1.54, 1.807) is 24.3 Å². The minimum absolute atomic E-state index is 0.0325. The highest BCUT2D eigenvalue weighted by Gasteiger charge is 2.14. The number of amides is 1. The molecule has 0 bridgehead atoms. The number of carboxylic acids is 1. The third-order valence-corrected chi connectivity index (χ3v) is 5.02. The van der Waals surface area contributed by atoms with Crippen molar-refractivity contribution in [3.8, 4) is 0 Å². The van der Waals surface area contributed by atoms with E-state index in [2.05, 4.69) is 32.6 Å². The Balaban J connectivity index is 2.09. The highest BCUT2D eigenvalue weighted by molar-refractivity contribution is 14.1. The summed E-state index contributed by atoms with van der Waals surface area (Å²) in [7, 11) is -3.75. The summed E-state index contributed by atoms with van der Waals surface area (Å²) in [5, 5.41) is 10.9. The number of carboxylic acid groups (broad SMARTS) is 1. The topological polar surface area (TPSA) is 113 Å². The molecule has 2 aromatic carbocycles. The molecule has 9 heteroatoms. The SMILES string of the molecule is O=C(O)/C=C/C(=O)Nc1ccc(S(=O)(=O)Nc2ccc(I)cc2)cc1. The van der Waals surface area contributed by atoms with Gasteiger partial charge in [-0.15, -0.1) is 0 Å². The first-order valence-corrected chi connectivity index (χ1v) is 9.43. The molecule has 0 atom stereocenters. The Bertz CT molecular complexity index is 907. The van der Waals surface area contributed by atoms with E-state index in [1.165, 1.54) is 24.3 Å². The van der Waals surface area contributed by atoms with Gasteiger partial charge in [0, 0.05) is 27.1 Å². The van der Waals surface area contributed by atoms with Gasteiger partial charge < -0.3 is 10.4 Å². The summed E-state index contributed by atoms with van der Waals surface area (Å²) in [6.45, 7) is 0. The fourth-order valence-corrected chi connectivity index (χ4v) is 3.20. The number of hydrogen-bond acceptors (Lipinski definition) is 4. The Morgan fingerprint density at radius 1 is 0.920 bits per heavy atom. The fourth-order valence-electron chi connectivity index (χ4n) is 1.78. The van der Waals surface area contributed by atoms with E-state index in [9.17, 15) is 18.0 Å². The molecule has 0 saturated heterocycles. The van der Waals surface area contributed by atoms with Crippen LogP contribution in [0.5, 0.6) is 0 Å². The number of rotatable bonds is 6. The number of sulfonamides is 1. The first-order valence-electron chi connectivity index (χ1n) is 6.87. The van der Waals surface area contributed by atoms with Gasteiger partial charge in [-0.3, -0.25) is 9.52 Å². The second-order valence-electron chi connectivity index (χ2n) is 4.80. The Hall–Kier alpha value is -2.40. The molecule has 25 heavy (non-hydrogen) atoms. The molecule has 1 amide bonds. The van der Waals surface area contributed by atoms with Crippen molar-refractivity contribution in [3.63, 3.8) is 0 Å². The number of hydrogen-bond donors (Lipinski definition) is 3. The maximum absolute atomic E-state index is 12.3. The van der Waals surface area contributed by atoms with E-state index in [-0.39, 0.29) is 4.90 Å². The first kappa shape index (κ1) is 18.9. The van der Waals surface area contributed by atoms with Crippen LogP contribution in [0.3, 0.4) is 0 Å². The molecule has 2 aromatic rings. The lowest BCUT2D eigenvalue weighted by atomic mass is 10.3. The highest BCUT2D eigenvalue weighted by atomic mass is 127. The molecule has 3 N–H and O–H groups in total. The first-order chi connectivity index (χ1) is 11.8. The van der Waals surface area contributed by atoms with Gasteiger partial charge in [0.05, 0.1) is 4.90 Å². The van der Waals surface area contributed by atoms with Gasteiger partial charge in [0.15, 0.2) is 0 Å². The number of benzene rings is 2. The minimum atomic E-state index is -3.75. The van der Waals surface area contributed by atoms with E-state index >= 15 is 0 Å². The van der Waals surface area contributed by atoms with Crippen LogP contribution < -0.4 is 10.0 Å². The molecule has 0 saturated carbocycles. The van der Waals surface area contributed by atoms with Crippen molar-refractivity contribution in [3.05, 3.63) is 64.3 Å². The lowest BCUT2D eigenvalue weighted by Crippen LogP contribution is -2.13. The van der Waals surface area contributed by atoms with Crippen LogP contribution in [-0.4, -0.2) is 25.4 Å². The van der Waals surface area contributed by atoms with Crippen LogP contribution >= 0.6 is 22.6 Å². The van der Waals surface area contributed by atoms with Gasteiger partial charge in [-0.1, -0.05) is 0 Å². The number of anilines is 2. The average molecular weight is 472 g/mol. The lowest BCUT2D eigenvalue weighted by Gasteiger charge is -2.09. The van der Waals surface area contributed by atoms with Gasteiger partial charge in [0.25, 0.3) is 10.0 Å². The zero-order valence-corrected chi connectivity index (χ0v) is 15.6. The molecule has 130 valence electrons. The molecule has 7 nitrogen and oxygen atoms in total. The third-order valence-electron chi connectivity index (χ3n) is 2.91. The molecular formula is C16H13IN2O5S. The van der Waals surface area contributed by atoms with Crippen LogP contribution in [0.2, 0.25) is 0 Å². The van der Waals surface area contributed by atoms with Crippen LogP contribution in [0.25, 0.3) is 0 Å². The Morgan fingerprint density at radius 3 is 2.04 bits per heavy atom. The van der Waals surface area contributed by atoms with E-state index in [0.717, 1.165) is 9.65 Å². The van der Waals surface area contributed by atoms with Crippen molar-refractivity contribution in [1.29, 1.82) is 0 Å². The van der Waals surface area contributed by atoms with Crippen molar-refractivity contribution >= 4 is 55.9 Å². The fraction of sp³-hybridized carbons (Fsp3) is 0. The number of carbonyl (C=O) groups excluding carboxylic acids is 1. The number of aliphatic carboxylic acids is 1. The molecular weight excluding hydrogens is 459 g/mol. The van der Waals surface area contributed by atoms with Crippen LogP contribution in [0, 0.1) is 3.57 Å². The zero-order chi connectivity index (χ0) is 18.4. The monoisotopic (exact) mass is 472 g/mol. The van der Waals surface area contributed by atoms with Gasteiger partial charge in [0.2, 0.25) is 5.91 Å². The summed E-state index contributed by atoms with van der Waals surface area (Å²) in [6.07, 6.45) is 1.57. The number of carbonyl (C=O) groups is 2. The largest absolute Gasteiger partial charge is 0.478 e. The van der Waals surface area contributed by atoms with Crippen LogP contribution in [-0.2, 0) is 19.6 Å². The molecule has 0 radical (unpaired) electrons. The predicted molar refractivity (Wildman–Crippen MR) is 102 cm³/mol. The van der Waals surface area contributed by atoms with Crippen molar-refractivity contribution in [1.82, 2.24) is 0 Å². The summed E-state index contributed by atoms with van der Waals surface area (Å²) in [5.41, 5.74) is 0.782. The summed E-state index contributed by atoms with van der Waals surface area (Å²) < 4.78 is 28.1. The smallest absolute Gasteiger partial charge is 0.328 e. The zero-order valence-electron chi connectivity index (χ0n) is 12.6. The number of nitrogens with one attached hydrogen (secondary N) is 2. The molecule has 0 aliphatic heterocycles. The molecule has 0 aliphatic carbocycles. The average Bonchev–Trinajstić information content (AvgIpc) is 2.55. The van der Waals surface area contributed by atoms with Crippen molar-refractivity contribution in [2.75, 3.05) is 10.0 Å². The molecule has 0 unspecified atom stereocenters. The van der Waals surface area contributed by atoms with Crippen molar-refractivity contribution in [2.45, 2.75) is 4.90 Å². The molecule has 0 aliphatic rings. The Kier molecular flexibility index (Phi) is 6.15. The van der Waals surface area contributed by atoms with Gasteiger partial charge in [-0.2, -0.15) is 0 Å². The molecule has 2 rings (SSSR count). The quantitative estimate of drug-likeness (QED) is 0.442. The van der Waals surface area contributed by atoms with Gasteiger partial charge in [0.1, 0.15) is 0 Å². The molecule has 0 spiro atoms. The van der Waals surface area contributed by atoms with Crippen LogP contribution in [0.4, 0.5) is 11.4 Å². The second-order valence-corrected chi connectivity index (χ2v) is 7.73. The highest BCUT2D eigenvalue weighted by Crippen LogP contribution is 2.19. The standard InChI is InChI=1S/C16H13IN2O5S/c17-11-1-3-13(4-2-11)19-25(23,24)14-7-5-12(6-8-14)18-15(20)9-10-16(21)22/h1-10,19H,(H,18,20)(H,21,22)/b10-9+. The lowest BCUT2D eigenvalue weighted by molar-refractivity contribution is -0.131. The normalized spacial score (nSPS) is 11.2. The van der Waals surface area contributed by atoms with E-state index in [4.69, 9.17) is 5.11 Å². The maximum Gasteiger partial charge on any atom is 0.328 e. The molecule has 0 aromatic heterocycles. The minimum Gasteiger partial charge on any atom is -0.478 e. The Labute approximate surface area is 157 Å². The van der Waals surface area contributed by atoms with E-state index in [1.807, 2.05) is 0 Å². The van der Waals surface area contributed by atoms with Crippen molar-refractivity contribution < 1.29 is 23.1 Å². The van der Waals surface area contributed by atoms with Gasteiger partial charge in [-0.25, -0.2) is 13.2 Å². The van der Waals surface area contributed by atoms with Crippen molar-refractivity contribution in [2.24, 2.45) is 0 Å². The summed E-state index contributed by atoms with van der Waals surface area (Å²) in [5.74, 6) is -1.87. The third kappa shape index (κ3) is 5.87. The Morgan fingerprint density at radius 2 is 1.48 bits per heavy atom. The van der Waals surface area contributed by atoms with Gasteiger partial charge in [-0.05, 0) is 71.1 Å². The van der Waals surface area contributed by atoms with Gasteiger partial charge >= 0.3 is 5.97 Å². The van der Waals surface area contributed by atoms with Crippen LogP contribution in [0.1, 0.15) is 0 Å². The number of halogens is 1.